The lowest BCUT2D eigenvalue weighted by atomic mass is 10.1. The van der Waals surface area contributed by atoms with E-state index in [-0.39, 0.29) is 0 Å². The molecule has 0 bridgehead atoms. The van der Waals surface area contributed by atoms with Gasteiger partial charge in [0.1, 0.15) is 0 Å². The van der Waals surface area contributed by atoms with Crippen LogP contribution < -0.4 is 5.32 Å². The van der Waals surface area contributed by atoms with E-state index < -0.39 is 11.7 Å². The molecule has 1 saturated heterocycles. The standard InChI is InChI=1S/C14H19F3N2/c1-18-8-12-6-7-19(10-12)9-11-2-4-13(5-3-11)14(15,16)17/h2-5,12,18H,6-10H2,1H3. The van der Waals surface area contributed by atoms with Crippen LogP contribution in [0.2, 0.25) is 0 Å². The third-order valence-corrected chi connectivity index (χ3v) is 3.55. The Morgan fingerprint density at radius 1 is 1.26 bits per heavy atom. The number of rotatable bonds is 4. The molecular formula is C14H19F3N2. The number of benzene rings is 1. The summed E-state index contributed by atoms with van der Waals surface area (Å²) in [4.78, 5) is 2.30. The monoisotopic (exact) mass is 272 g/mol. The highest BCUT2D eigenvalue weighted by atomic mass is 19.4. The van der Waals surface area contributed by atoms with Crippen LogP contribution in [0.25, 0.3) is 0 Å². The fourth-order valence-electron chi connectivity index (χ4n) is 2.57. The Hall–Kier alpha value is -1.07. The Morgan fingerprint density at radius 3 is 2.53 bits per heavy atom. The molecular weight excluding hydrogens is 253 g/mol. The molecule has 0 radical (unpaired) electrons. The molecule has 19 heavy (non-hydrogen) atoms. The lowest BCUT2D eigenvalue weighted by Crippen LogP contribution is -2.24. The van der Waals surface area contributed by atoms with Crippen molar-refractivity contribution in [1.82, 2.24) is 10.2 Å². The number of nitrogens with one attached hydrogen (secondary N) is 1. The maximum absolute atomic E-state index is 12.4. The van der Waals surface area contributed by atoms with Crippen molar-refractivity contribution >= 4 is 0 Å². The highest BCUT2D eigenvalue weighted by molar-refractivity contribution is 5.24. The molecule has 1 heterocycles. The molecule has 1 aliphatic rings. The summed E-state index contributed by atoms with van der Waals surface area (Å²) < 4.78 is 37.3. The molecule has 1 atom stereocenters. The van der Waals surface area contributed by atoms with Crippen molar-refractivity contribution in [2.24, 2.45) is 5.92 Å². The highest BCUT2D eigenvalue weighted by Gasteiger charge is 2.30. The fraction of sp³-hybridized carbons (Fsp3) is 0.571. The number of nitrogens with zero attached hydrogens (tertiary/aromatic N) is 1. The second-order valence-electron chi connectivity index (χ2n) is 5.14. The molecule has 1 unspecified atom stereocenters. The van der Waals surface area contributed by atoms with E-state index in [4.69, 9.17) is 0 Å². The third kappa shape index (κ3) is 3.94. The van der Waals surface area contributed by atoms with Gasteiger partial charge in [0, 0.05) is 13.1 Å². The van der Waals surface area contributed by atoms with Crippen molar-refractivity contribution in [3.8, 4) is 0 Å². The fourth-order valence-corrected chi connectivity index (χ4v) is 2.57. The normalized spacial score (nSPS) is 20.9. The zero-order valence-electron chi connectivity index (χ0n) is 11.0. The Bertz CT molecular complexity index is 400. The maximum atomic E-state index is 12.4. The number of halogens is 3. The molecule has 1 aliphatic heterocycles. The Morgan fingerprint density at radius 2 is 1.95 bits per heavy atom. The molecule has 5 heteroatoms. The van der Waals surface area contributed by atoms with Gasteiger partial charge in [0.2, 0.25) is 0 Å². The number of likely N-dealkylation sites (tertiary alicyclic amines) is 1. The van der Waals surface area contributed by atoms with Gasteiger partial charge in [0.05, 0.1) is 5.56 Å². The topological polar surface area (TPSA) is 15.3 Å². The van der Waals surface area contributed by atoms with Crippen molar-refractivity contribution in [3.63, 3.8) is 0 Å². The van der Waals surface area contributed by atoms with Crippen LogP contribution in [0.5, 0.6) is 0 Å². The third-order valence-electron chi connectivity index (χ3n) is 3.55. The molecule has 2 nitrogen and oxygen atoms in total. The van der Waals surface area contributed by atoms with E-state index in [0.717, 1.165) is 50.3 Å². The van der Waals surface area contributed by atoms with Crippen molar-refractivity contribution in [1.29, 1.82) is 0 Å². The van der Waals surface area contributed by atoms with Crippen LogP contribution in [0.4, 0.5) is 13.2 Å². The van der Waals surface area contributed by atoms with Gasteiger partial charge in [-0.05, 0) is 50.2 Å². The molecule has 1 aromatic rings. The summed E-state index contributed by atoms with van der Waals surface area (Å²) in [6.45, 7) is 3.77. The van der Waals surface area contributed by atoms with Gasteiger partial charge in [-0.1, -0.05) is 12.1 Å². The summed E-state index contributed by atoms with van der Waals surface area (Å²) in [5.41, 5.74) is 0.365. The van der Waals surface area contributed by atoms with E-state index in [9.17, 15) is 13.2 Å². The van der Waals surface area contributed by atoms with Crippen molar-refractivity contribution < 1.29 is 13.2 Å². The van der Waals surface area contributed by atoms with Gasteiger partial charge in [0.25, 0.3) is 0 Å². The minimum Gasteiger partial charge on any atom is -0.319 e. The number of hydrogen-bond donors (Lipinski definition) is 1. The van der Waals surface area contributed by atoms with Gasteiger partial charge in [-0.3, -0.25) is 4.90 Å². The first-order valence-electron chi connectivity index (χ1n) is 6.52. The molecule has 1 aromatic carbocycles. The summed E-state index contributed by atoms with van der Waals surface area (Å²) in [6.07, 6.45) is -3.09. The SMILES string of the molecule is CNCC1CCN(Cc2ccc(C(F)(F)F)cc2)C1. The minimum absolute atomic E-state index is 0.578. The quantitative estimate of drug-likeness (QED) is 0.906. The van der Waals surface area contributed by atoms with E-state index in [1.54, 1.807) is 12.1 Å². The molecule has 0 saturated carbocycles. The van der Waals surface area contributed by atoms with Crippen LogP contribution >= 0.6 is 0 Å². The van der Waals surface area contributed by atoms with Crippen molar-refractivity contribution in [2.75, 3.05) is 26.7 Å². The second-order valence-corrected chi connectivity index (χ2v) is 5.14. The van der Waals surface area contributed by atoms with Gasteiger partial charge in [-0.2, -0.15) is 13.2 Å². The largest absolute Gasteiger partial charge is 0.416 e. The first kappa shape index (κ1) is 14.3. The predicted octanol–water partition coefficient (Wildman–Crippen LogP) is 2.75. The molecule has 0 spiro atoms. The van der Waals surface area contributed by atoms with E-state index in [2.05, 4.69) is 10.2 Å². The molecule has 0 aromatic heterocycles. The summed E-state index contributed by atoms with van der Waals surface area (Å²) in [5.74, 6) is 0.652. The maximum Gasteiger partial charge on any atom is 0.416 e. The van der Waals surface area contributed by atoms with Crippen LogP contribution in [0, 0.1) is 5.92 Å². The highest BCUT2D eigenvalue weighted by Crippen LogP contribution is 2.29. The molecule has 0 amide bonds. The van der Waals surface area contributed by atoms with Crippen LogP contribution in [-0.4, -0.2) is 31.6 Å². The van der Waals surface area contributed by atoms with Gasteiger partial charge >= 0.3 is 6.18 Å². The first-order valence-corrected chi connectivity index (χ1v) is 6.52. The Labute approximate surface area is 111 Å². The van der Waals surface area contributed by atoms with Crippen molar-refractivity contribution in [2.45, 2.75) is 19.1 Å². The van der Waals surface area contributed by atoms with Gasteiger partial charge < -0.3 is 5.32 Å². The lowest BCUT2D eigenvalue weighted by Gasteiger charge is -2.16. The molecule has 1 fully saturated rings. The minimum atomic E-state index is -4.25. The lowest BCUT2D eigenvalue weighted by molar-refractivity contribution is -0.137. The second kappa shape index (κ2) is 5.92. The van der Waals surface area contributed by atoms with Crippen LogP contribution in [0.3, 0.4) is 0 Å². The summed E-state index contributed by atoms with van der Waals surface area (Å²) in [7, 11) is 1.94. The first-order chi connectivity index (χ1) is 8.99. The van der Waals surface area contributed by atoms with E-state index >= 15 is 0 Å². The zero-order chi connectivity index (χ0) is 13.9. The van der Waals surface area contributed by atoms with Gasteiger partial charge in [-0.15, -0.1) is 0 Å². The van der Waals surface area contributed by atoms with E-state index in [1.807, 2.05) is 7.05 Å². The van der Waals surface area contributed by atoms with Crippen molar-refractivity contribution in [3.05, 3.63) is 35.4 Å². The zero-order valence-corrected chi connectivity index (χ0v) is 11.0. The van der Waals surface area contributed by atoms with E-state index in [0.29, 0.717) is 5.92 Å². The Kier molecular flexibility index (Phi) is 4.47. The Balaban J connectivity index is 1.90. The molecule has 1 N–H and O–H groups in total. The average Bonchev–Trinajstić information content (AvgIpc) is 2.77. The van der Waals surface area contributed by atoms with Gasteiger partial charge in [-0.25, -0.2) is 0 Å². The van der Waals surface area contributed by atoms with Crippen LogP contribution in [0.1, 0.15) is 17.5 Å². The number of hydrogen-bond acceptors (Lipinski definition) is 2. The predicted molar refractivity (Wildman–Crippen MR) is 68.8 cm³/mol. The summed E-state index contributed by atoms with van der Waals surface area (Å²) in [6, 6.07) is 5.48. The molecule has 106 valence electrons. The van der Waals surface area contributed by atoms with Gasteiger partial charge in [0.15, 0.2) is 0 Å². The van der Waals surface area contributed by atoms with E-state index in [1.165, 1.54) is 0 Å². The molecule has 2 rings (SSSR count). The van der Waals surface area contributed by atoms with Crippen LogP contribution in [-0.2, 0) is 12.7 Å². The van der Waals surface area contributed by atoms with Crippen LogP contribution in [0.15, 0.2) is 24.3 Å². The number of alkyl halides is 3. The molecule has 0 aliphatic carbocycles. The summed E-state index contributed by atoms with van der Waals surface area (Å²) >= 11 is 0. The average molecular weight is 272 g/mol. The smallest absolute Gasteiger partial charge is 0.319 e. The summed E-state index contributed by atoms with van der Waals surface area (Å²) in [5, 5.41) is 3.17.